The third-order valence-corrected chi connectivity index (χ3v) is 3.04. The van der Waals surface area contributed by atoms with Crippen LogP contribution in [0.4, 0.5) is 0 Å². The average Bonchev–Trinajstić information content (AvgIpc) is 2.38. The number of halogens is 1. The van der Waals surface area contributed by atoms with Gasteiger partial charge in [0, 0.05) is 12.4 Å². The summed E-state index contributed by atoms with van der Waals surface area (Å²) in [5, 5.41) is 0.574. The molecule has 2 aromatic rings. The second-order valence-electron chi connectivity index (χ2n) is 4.61. The second kappa shape index (κ2) is 6.04. The van der Waals surface area contributed by atoms with Crippen LogP contribution in [-0.4, -0.2) is 11.1 Å². The molecule has 2 rings (SSSR count). The molecular formula is C15H17ClN2O. The summed E-state index contributed by atoms with van der Waals surface area (Å²) in [6.07, 6.45) is 3.43. The highest BCUT2D eigenvalue weighted by molar-refractivity contribution is 6.31. The van der Waals surface area contributed by atoms with Crippen molar-refractivity contribution in [3.05, 3.63) is 58.9 Å². The highest BCUT2D eigenvalue weighted by Gasteiger charge is 2.13. The molecule has 1 unspecified atom stereocenters. The Bertz CT molecular complexity index is 557. The first-order valence-corrected chi connectivity index (χ1v) is 6.57. The zero-order chi connectivity index (χ0) is 13.8. The van der Waals surface area contributed by atoms with Crippen LogP contribution in [0.5, 0.6) is 5.75 Å². The van der Waals surface area contributed by atoms with Gasteiger partial charge in [0.25, 0.3) is 0 Å². The molecule has 0 amide bonds. The summed E-state index contributed by atoms with van der Waals surface area (Å²) in [6.45, 7) is 3.98. The van der Waals surface area contributed by atoms with Gasteiger partial charge in [-0.1, -0.05) is 23.7 Å². The number of aromatic nitrogens is 1. The van der Waals surface area contributed by atoms with Crippen molar-refractivity contribution in [3.63, 3.8) is 0 Å². The Labute approximate surface area is 118 Å². The molecule has 1 heterocycles. The summed E-state index contributed by atoms with van der Waals surface area (Å²) in [7, 11) is 0. The van der Waals surface area contributed by atoms with Crippen LogP contribution < -0.4 is 10.5 Å². The lowest BCUT2D eigenvalue weighted by atomic mass is 10.0. The fraction of sp³-hybridized carbons (Fsp3) is 0.267. The van der Waals surface area contributed by atoms with Crippen molar-refractivity contribution in [2.24, 2.45) is 5.73 Å². The highest BCUT2D eigenvalue weighted by Crippen LogP contribution is 2.27. The minimum atomic E-state index is -0.286. The third kappa shape index (κ3) is 3.46. The summed E-state index contributed by atoms with van der Waals surface area (Å²) in [4.78, 5) is 3.97. The van der Waals surface area contributed by atoms with Crippen molar-refractivity contribution < 1.29 is 4.74 Å². The number of nitrogens with two attached hydrogens (primary N) is 1. The molecule has 1 aromatic heterocycles. The van der Waals surface area contributed by atoms with Crippen molar-refractivity contribution in [3.8, 4) is 5.75 Å². The molecule has 0 saturated carbocycles. The van der Waals surface area contributed by atoms with E-state index in [1.807, 2.05) is 44.2 Å². The minimum absolute atomic E-state index is 0.135. The van der Waals surface area contributed by atoms with Gasteiger partial charge in [-0.3, -0.25) is 4.98 Å². The van der Waals surface area contributed by atoms with E-state index in [4.69, 9.17) is 22.1 Å². The number of nitrogens with zero attached hydrogens (tertiary/aromatic N) is 1. The maximum atomic E-state index is 6.25. The molecule has 0 bridgehead atoms. The Hall–Kier alpha value is -1.58. The second-order valence-corrected chi connectivity index (χ2v) is 5.02. The van der Waals surface area contributed by atoms with Crippen LogP contribution in [0.25, 0.3) is 0 Å². The molecule has 3 nitrogen and oxygen atoms in total. The van der Waals surface area contributed by atoms with Crippen LogP contribution in [0.3, 0.4) is 0 Å². The first-order chi connectivity index (χ1) is 9.08. The van der Waals surface area contributed by atoms with E-state index in [0.29, 0.717) is 5.02 Å². The van der Waals surface area contributed by atoms with Gasteiger partial charge < -0.3 is 10.5 Å². The molecule has 1 aromatic carbocycles. The lowest BCUT2D eigenvalue weighted by Gasteiger charge is -2.16. The highest BCUT2D eigenvalue weighted by atomic mass is 35.5. The lowest BCUT2D eigenvalue weighted by Crippen LogP contribution is -2.13. The maximum Gasteiger partial charge on any atom is 0.120 e. The first-order valence-electron chi connectivity index (χ1n) is 6.19. The van der Waals surface area contributed by atoms with E-state index < -0.39 is 0 Å². The molecule has 4 heteroatoms. The van der Waals surface area contributed by atoms with Gasteiger partial charge in [0.05, 0.1) is 17.2 Å². The molecule has 0 spiro atoms. The van der Waals surface area contributed by atoms with Crippen LogP contribution in [0.15, 0.2) is 42.7 Å². The maximum absolute atomic E-state index is 6.25. The SMILES string of the molecule is CC(C)Oc1cccc(C(N)c2ccncc2Cl)c1. The van der Waals surface area contributed by atoms with E-state index >= 15 is 0 Å². The van der Waals surface area contributed by atoms with Gasteiger partial charge in [0.2, 0.25) is 0 Å². The lowest BCUT2D eigenvalue weighted by molar-refractivity contribution is 0.242. The molecule has 2 N–H and O–H groups in total. The summed E-state index contributed by atoms with van der Waals surface area (Å²) in [5.41, 5.74) is 8.07. The number of hydrogen-bond donors (Lipinski definition) is 1. The van der Waals surface area contributed by atoms with E-state index in [-0.39, 0.29) is 12.1 Å². The Balaban J connectivity index is 2.29. The van der Waals surface area contributed by atoms with Gasteiger partial charge in [0.1, 0.15) is 5.75 Å². The van der Waals surface area contributed by atoms with Gasteiger partial charge in [-0.05, 0) is 43.2 Å². The van der Waals surface area contributed by atoms with Crippen LogP contribution >= 0.6 is 11.6 Å². The number of hydrogen-bond acceptors (Lipinski definition) is 3. The van der Waals surface area contributed by atoms with Crippen molar-refractivity contribution in [2.45, 2.75) is 26.0 Å². The van der Waals surface area contributed by atoms with Gasteiger partial charge in [0.15, 0.2) is 0 Å². The molecule has 19 heavy (non-hydrogen) atoms. The molecule has 0 fully saturated rings. The molecule has 0 aliphatic rings. The summed E-state index contributed by atoms with van der Waals surface area (Å²) in [6, 6.07) is 9.32. The number of pyridine rings is 1. The van der Waals surface area contributed by atoms with E-state index in [9.17, 15) is 0 Å². The Morgan fingerprint density at radius 1 is 1.26 bits per heavy atom. The van der Waals surface area contributed by atoms with Crippen molar-refractivity contribution in [2.75, 3.05) is 0 Å². The monoisotopic (exact) mass is 276 g/mol. The molecular weight excluding hydrogens is 260 g/mol. The van der Waals surface area contributed by atoms with Gasteiger partial charge in [-0.15, -0.1) is 0 Å². The van der Waals surface area contributed by atoms with Crippen molar-refractivity contribution in [1.29, 1.82) is 0 Å². The third-order valence-electron chi connectivity index (χ3n) is 2.73. The van der Waals surface area contributed by atoms with E-state index in [0.717, 1.165) is 16.9 Å². The van der Waals surface area contributed by atoms with Crippen LogP contribution in [-0.2, 0) is 0 Å². The Morgan fingerprint density at radius 3 is 2.74 bits per heavy atom. The minimum Gasteiger partial charge on any atom is -0.491 e. The van der Waals surface area contributed by atoms with E-state index in [1.54, 1.807) is 12.4 Å². The normalized spacial score (nSPS) is 12.5. The summed E-state index contributed by atoms with van der Waals surface area (Å²) >= 11 is 6.12. The van der Waals surface area contributed by atoms with Gasteiger partial charge in [-0.2, -0.15) is 0 Å². The summed E-state index contributed by atoms with van der Waals surface area (Å²) < 4.78 is 5.67. The van der Waals surface area contributed by atoms with Gasteiger partial charge in [-0.25, -0.2) is 0 Å². The van der Waals surface area contributed by atoms with E-state index in [2.05, 4.69) is 4.98 Å². The zero-order valence-corrected chi connectivity index (χ0v) is 11.8. The van der Waals surface area contributed by atoms with Crippen LogP contribution in [0.1, 0.15) is 31.0 Å². The molecule has 100 valence electrons. The smallest absolute Gasteiger partial charge is 0.120 e. The van der Waals surface area contributed by atoms with Crippen LogP contribution in [0.2, 0.25) is 5.02 Å². The fourth-order valence-electron chi connectivity index (χ4n) is 1.87. The molecule has 0 radical (unpaired) electrons. The molecule has 0 saturated heterocycles. The van der Waals surface area contributed by atoms with Crippen molar-refractivity contribution in [1.82, 2.24) is 4.98 Å². The topological polar surface area (TPSA) is 48.1 Å². The fourth-order valence-corrected chi connectivity index (χ4v) is 2.11. The Morgan fingerprint density at radius 2 is 2.05 bits per heavy atom. The summed E-state index contributed by atoms with van der Waals surface area (Å²) in [5.74, 6) is 0.813. The number of rotatable bonds is 4. The largest absolute Gasteiger partial charge is 0.491 e. The average molecular weight is 277 g/mol. The first kappa shape index (κ1) is 13.8. The van der Waals surface area contributed by atoms with Gasteiger partial charge >= 0.3 is 0 Å². The number of ether oxygens (including phenoxy) is 1. The standard InChI is InChI=1S/C15H17ClN2O/c1-10(2)19-12-5-3-4-11(8-12)15(17)13-6-7-18-9-14(13)16/h3-10,15H,17H2,1-2H3. The molecule has 1 atom stereocenters. The quantitative estimate of drug-likeness (QED) is 0.929. The zero-order valence-electron chi connectivity index (χ0n) is 11.0. The predicted molar refractivity (Wildman–Crippen MR) is 77.5 cm³/mol. The Kier molecular flexibility index (Phi) is 4.40. The van der Waals surface area contributed by atoms with Crippen LogP contribution in [0, 0.1) is 0 Å². The van der Waals surface area contributed by atoms with E-state index in [1.165, 1.54) is 0 Å². The number of benzene rings is 1. The molecule has 0 aliphatic heterocycles. The predicted octanol–water partition coefficient (Wildman–Crippen LogP) is 3.57. The van der Waals surface area contributed by atoms with Crippen molar-refractivity contribution >= 4 is 11.6 Å². The molecule has 0 aliphatic carbocycles.